The number of benzene rings is 2. The van der Waals surface area contributed by atoms with Gasteiger partial charge in [-0.15, -0.1) is 0 Å². The molecule has 5 nitrogen and oxygen atoms in total. The van der Waals surface area contributed by atoms with Gasteiger partial charge in [-0.1, -0.05) is 17.7 Å². The number of amidine groups is 1. The highest BCUT2D eigenvalue weighted by atomic mass is 35.5. The lowest BCUT2D eigenvalue weighted by atomic mass is 10.0. The molecule has 2 aromatic rings. The van der Waals surface area contributed by atoms with Crippen LogP contribution in [0.1, 0.15) is 17.3 Å². The molecule has 4 rings (SSSR count). The summed E-state index contributed by atoms with van der Waals surface area (Å²) >= 11 is 6.17. The van der Waals surface area contributed by atoms with Gasteiger partial charge in [0.1, 0.15) is 12.0 Å². The van der Waals surface area contributed by atoms with E-state index in [1.807, 2.05) is 36.4 Å². The zero-order valence-corrected chi connectivity index (χ0v) is 14.3. The van der Waals surface area contributed by atoms with Crippen molar-refractivity contribution in [3.63, 3.8) is 0 Å². The van der Waals surface area contributed by atoms with Crippen LogP contribution < -0.4 is 14.8 Å². The summed E-state index contributed by atoms with van der Waals surface area (Å²) in [6, 6.07) is 11.8. The van der Waals surface area contributed by atoms with Crippen LogP contribution in [-0.4, -0.2) is 38.0 Å². The third kappa shape index (κ3) is 2.36. The van der Waals surface area contributed by atoms with Crippen molar-refractivity contribution in [3.05, 3.63) is 52.5 Å². The molecular weight excluding hydrogens is 326 g/mol. The smallest absolute Gasteiger partial charge is 0.161 e. The molecule has 0 fully saturated rings. The highest BCUT2D eigenvalue weighted by Crippen LogP contribution is 2.38. The van der Waals surface area contributed by atoms with Gasteiger partial charge in [-0.2, -0.15) is 0 Å². The van der Waals surface area contributed by atoms with Crippen LogP contribution in [0.5, 0.6) is 11.5 Å². The molecule has 2 aliphatic heterocycles. The van der Waals surface area contributed by atoms with Crippen LogP contribution in [0.25, 0.3) is 0 Å². The number of nitrogens with one attached hydrogen (secondary N) is 1. The maximum Gasteiger partial charge on any atom is 0.161 e. The fraction of sp³-hybridized carbons (Fsp3) is 0.278. The topological polar surface area (TPSA) is 46.1 Å². The third-order valence-corrected chi connectivity index (χ3v) is 4.66. The van der Waals surface area contributed by atoms with Gasteiger partial charge in [0, 0.05) is 22.8 Å². The van der Waals surface area contributed by atoms with Gasteiger partial charge in [0.15, 0.2) is 11.5 Å². The molecule has 1 N–H and O–H groups in total. The summed E-state index contributed by atoms with van der Waals surface area (Å²) in [4.78, 5) is 6.96. The van der Waals surface area contributed by atoms with E-state index in [2.05, 4.69) is 15.2 Å². The Hall–Kier alpha value is -2.40. The van der Waals surface area contributed by atoms with Crippen LogP contribution >= 0.6 is 11.6 Å². The minimum absolute atomic E-state index is 0.0166. The van der Waals surface area contributed by atoms with E-state index in [-0.39, 0.29) is 6.17 Å². The molecule has 124 valence electrons. The molecule has 0 aliphatic carbocycles. The highest BCUT2D eigenvalue weighted by Gasteiger charge is 2.34. The minimum Gasteiger partial charge on any atom is -0.493 e. The van der Waals surface area contributed by atoms with Crippen LogP contribution in [0.4, 0.5) is 5.69 Å². The first-order valence-electron chi connectivity index (χ1n) is 7.81. The van der Waals surface area contributed by atoms with E-state index in [4.69, 9.17) is 21.1 Å². The number of nitrogens with zero attached hydrogens (tertiary/aromatic N) is 2. The van der Waals surface area contributed by atoms with Gasteiger partial charge >= 0.3 is 0 Å². The fourth-order valence-electron chi connectivity index (χ4n) is 3.29. The van der Waals surface area contributed by atoms with Crippen molar-refractivity contribution in [2.75, 3.05) is 32.6 Å². The highest BCUT2D eigenvalue weighted by molar-refractivity contribution is 6.31. The minimum atomic E-state index is -0.0166. The summed E-state index contributed by atoms with van der Waals surface area (Å²) in [6.07, 6.45) is -0.0166. The quantitative estimate of drug-likeness (QED) is 0.926. The van der Waals surface area contributed by atoms with E-state index in [1.54, 1.807) is 14.2 Å². The molecule has 0 bridgehead atoms. The predicted molar refractivity (Wildman–Crippen MR) is 95.5 cm³/mol. The van der Waals surface area contributed by atoms with Crippen LogP contribution in [0.15, 0.2) is 41.4 Å². The Morgan fingerprint density at radius 3 is 2.75 bits per heavy atom. The molecule has 0 amide bonds. The number of rotatable bonds is 3. The van der Waals surface area contributed by atoms with Crippen LogP contribution in [0.3, 0.4) is 0 Å². The Morgan fingerprint density at radius 2 is 1.96 bits per heavy atom. The number of hydrogen-bond acceptors (Lipinski definition) is 5. The van der Waals surface area contributed by atoms with E-state index in [0.717, 1.165) is 41.5 Å². The number of hydrogen-bond donors (Lipinski definition) is 1. The zero-order valence-electron chi connectivity index (χ0n) is 13.5. The number of halogens is 1. The Balaban J connectivity index is 1.78. The second kappa shape index (κ2) is 5.91. The van der Waals surface area contributed by atoms with E-state index in [0.29, 0.717) is 10.8 Å². The number of aliphatic imine (C=N–C) groups is 1. The molecule has 2 aliphatic rings. The monoisotopic (exact) mass is 343 g/mol. The van der Waals surface area contributed by atoms with Gasteiger partial charge in [0.05, 0.1) is 20.8 Å². The lowest BCUT2D eigenvalue weighted by Crippen LogP contribution is -2.41. The predicted octanol–water partition coefficient (Wildman–Crippen LogP) is 3.54. The summed E-state index contributed by atoms with van der Waals surface area (Å²) in [7, 11) is 3.29. The van der Waals surface area contributed by atoms with Crippen LogP contribution in [0.2, 0.25) is 5.02 Å². The van der Waals surface area contributed by atoms with Crippen molar-refractivity contribution in [3.8, 4) is 11.5 Å². The largest absolute Gasteiger partial charge is 0.493 e. The lowest BCUT2D eigenvalue weighted by molar-refractivity contribution is 0.347. The Kier molecular flexibility index (Phi) is 3.73. The first-order chi connectivity index (χ1) is 11.7. The SMILES string of the molecule is COc1ccc([C@H]2Nc3cc(Cl)ccc3C3=NCCN32)cc1OC. The molecule has 0 spiro atoms. The van der Waals surface area contributed by atoms with Gasteiger partial charge < -0.3 is 19.7 Å². The van der Waals surface area contributed by atoms with Crippen molar-refractivity contribution < 1.29 is 9.47 Å². The molecule has 1 atom stereocenters. The van der Waals surface area contributed by atoms with Crippen LogP contribution in [-0.2, 0) is 0 Å². The van der Waals surface area contributed by atoms with E-state index >= 15 is 0 Å². The summed E-state index contributed by atoms with van der Waals surface area (Å²) < 4.78 is 10.8. The third-order valence-electron chi connectivity index (χ3n) is 4.42. The number of fused-ring (bicyclic) bond motifs is 3. The maximum atomic E-state index is 6.17. The van der Waals surface area contributed by atoms with Crippen molar-refractivity contribution >= 4 is 23.1 Å². The molecule has 24 heavy (non-hydrogen) atoms. The first-order valence-corrected chi connectivity index (χ1v) is 8.18. The Labute approximate surface area is 145 Å². The summed E-state index contributed by atoms with van der Waals surface area (Å²) in [5.74, 6) is 2.45. The Bertz CT molecular complexity index is 822. The summed E-state index contributed by atoms with van der Waals surface area (Å²) in [6.45, 7) is 1.67. The first kappa shape index (κ1) is 15.1. The number of anilines is 1. The lowest BCUT2D eigenvalue weighted by Gasteiger charge is -2.38. The van der Waals surface area contributed by atoms with Crippen LogP contribution in [0, 0.1) is 0 Å². The maximum absolute atomic E-state index is 6.17. The van der Waals surface area contributed by atoms with Crippen molar-refractivity contribution in [1.82, 2.24) is 4.90 Å². The summed E-state index contributed by atoms with van der Waals surface area (Å²) in [5, 5.41) is 4.29. The molecule has 6 heteroatoms. The fourth-order valence-corrected chi connectivity index (χ4v) is 3.47. The van der Waals surface area contributed by atoms with Crippen molar-refractivity contribution in [1.29, 1.82) is 0 Å². The average molecular weight is 344 g/mol. The van der Waals surface area contributed by atoms with Crippen molar-refractivity contribution in [2.24, 2.45) is 4.99 Å². The van der Waals surface area contributed by atoms with Gasteiger partial charge in [0.2, 0.25) is 0 Å². The van der Waals surface area contributed by atoms with Gasteiger partial charge in [-0.25, -0.2) is 0 Å². The molecule has 2 heterocycles. The average Bonchev–Trinajstić information content (AvgIpc) is 3.10. The van der Waals surface area contributed by atoms with E-state index in [1.165, 1.54) is 0 Å². The molecule has 0 saturated carbocycles. The van der Waals surface area contributed by atoms with Gasteiger partial charge in [-0.05, 0) is 35.9 Å². The van der Waals surface area contributed by atoms with E-state index in [9.17, 15) is 0 Å². The molecule has 2 aromatic carbocycles. The zero-order chi connectivity index (χ0) is 16.7. The second-order valence-electron chi connectivity index (χ2n) is 5.75. The standard InChI is InChI=1S/C18H18ClN3O2/c1-23-15-6-3-11(9-16(15)24-2)17-21-14-10-12(19)4-5-13(14)18-20-7-8-22(17)18/h3-6,9-10,17,21H,7-8H2,1-2H3/t17-/m0/s1. The number of ether oxygens (including phenoxy) is 2. The van der Waals surface area contributed by atoms with E-state index < -0.39 is 0 Å². The normalized spacial score (nSPS) is 18.4. The molecule has 0 saturated heterocycles. The van der Waals surface area contributed by atoms with Crippen molar-refractivity contribution in [2.45, 2.75) is 6.17 Å². The Morgan fingerprint density at radius 1 is 1.12 bits per heavy atom. The number of methoxy groups -OCH3 is 2. The molecular formula is C18H18ClN3O2. The molecule has 0 radical (unpaired) electrons. The van der Waals surface area contributed by atoms with Gasteiger partial charge in [0.25, 0.3) is 0 Å². The molecule has 0 unspecified atom stereocenters. The van der Waals surface area contributed by atoms with Gasteiger partial charge in [-0.3, -0.25) is 4.99 Å². The second-order valence-corrected chi connectivity index (χ2v) is 6.19. The summed E-state index contributed by atoms with van der Waals surface area (Å²) in [5.41, 5.74) is 3.18. The molecule has 0 aromatic heterocycles.